The van der Waals surface area contributed by atoms with Crippen molar-refractivity contribution in [1.29, 1.82) is 0 Å². The normalized spacial score (nSPS) is 24.1. The molecular formula is C7H14N2O3. The van der Waals surface area contributed by atoms with Crippen LogP contribution in [0.2, 0.25) is 0 Å². The Morgan fingerprint density at radius 2 is 2.42 bits per heavy atom. The number of piperazine rings is 1. The Labute approximate surface area is 71.0 Å². The van der Waals surface area contributed by atoms with E-state index < -0.39 is 6.09 Å². The summed E-state index contributed by atoms with van der Waals surface area (Å²) in [5.74, 6) is 0. The van der Waals surface area contributed by atoms with Gasteiger partial charge < -0.3 is 20.4 Å². The van der Waals surface area contributed by atoms with Crippen LogP contribution in [0.3, 0.4) is 0 Å². The highest BCUT2D eigenvalue weighted by Crippen LogP contribution is 2.02. The lowest BCUT2D eigenvalue weighted by atomic mass is 10.1. The van der Waals surface area contributed by atoms with Crippen molar-refractivity contribution in [2.75, 3.05) is 26.2 Å². The van der Waals surface area contributed by atoms with E-state index in [1.165, 1.54) is 4.90 Å². The van der Waals surface area contributed by atoms with Gasteiger partial charge in [-0.3, -0.25) is 0 Å². The van der Waals surface area contributed by atoms with Crippen LogP contribution in [-0.2, 0) is 0 Å². The summed E-state index contributed by atoms with van der Waals surface area (Å²) >= 11 is 0. The predicted molar refractivity (Wildman–Crippen MR) is 43.1 cm³/mol. The molecule has 0 aromatic rings. The first-order valence-electron chi connectivity index (χ1n) is 4.06. The molecule has 0 aromatic heterocycles. The molecule has 1 atom stereocenters. The van der Waals surface area contributed by atoms with E-state index in [4.69, 9.17) is 10.2 Å². The van der Waals surface area contributed by atoms with Crippen LogP contribution < -0.4 is 5.32 Å². The minimum absolute atomic E-state index is 0.102. The third-order valence-corrected chi connectivity index (χ3v) is 2.00. The Morgan fingerprint density at radius 3 is 3.00 bits per heavy atom. The number of nitrogens with one attached hydrogen (secondary N) is 1. The third-order valence-electron chi connectivity index (χ3n) is 2.00. The van der Waals surface area contributed by atoms with Crippen LogP contribution in [0.1, 0.15) is 6.42 Å². The fraction of sp³-hybridized carbons (Fsp3) is 0.857. The second-order valence-electron chi connectivity index (χ2n) is 2.89. The topological polar surface area (TPSA) is 72.8 Å². The molecule has 0 saturated carbocycles. The van der Waals surface area contributed by atoms with Gasteiger partial charge in [0.2, 0.25) is 0 Å². The number of carboxylic acid groups (broad SMARTS) is 1. The van der Waals surface area contributed by atoms with Crippen molar-refractivity contribution in [3.63, 3.8) is 0 Å². The summed E-state index contributed by atoms with van der Waals surface area (Å²) in [7, 11) is 0. The molecule has 1 rings (SSSR count). The molecule has 0 bridgehead atoms. The number of hydrogen-bond donors (Lipinski definition) is 3. The van der Waals surface area contributed by atoms with E-state index in [1.54, 1.807) is 0 Å². The van der Waals surface area contributed by atoms with E-state index in [0.717, 1.165) is 0 Å². The van der Waals surface area contributed by atoms with Crippen molar-refractivity contribution in [3.05, 3.63) is 0 Å². The molecule has 0 radical (unpaired) electrons. The smallest absolute Gasteiger partial charge is 0.407 e. The monoisotopic (exact) mass is 174 g/mol. The Balaban J connectivity index is 2.35. The van der Waals surface area contributed by atoms with Crippen LogP contribution in [0, 0.1) is 0 Å². The van der Waals surface area contributed by atoms with Gasteiger partial charge in [0.05, 0.1) is 0 Å². The summed E-state index contributed by atoms with van der Waals surface area (Å²) in [4.78, 5) is 11.9. The van der Waals surface area contributed by atoms with Crippen LogP contribution in [0.5, 0.6) is 0 Å². The van der Waals surface area contributed by atoms with Gasteiger partial charge in [0, 0.05) is 32.3 Å². The maximum absolute atomic E-state index is 10.5. The first-order chi connectivity index (χ1) is 5.74. The summed E-state index contributed by atoms with van der Waals surface area (Å²) in [6.45, 7) is 1.80. The van der Waals surface area contributed by atoms with Crippen LogP contribution in [-0.4, -0.2) is 53.5 Å². The van der Waals surface area contributed by atoms with Crippen LogP contribution >= 0.6 is 0 Å². The molecule has 3 N–H and O–H groups in total. The van der Waals surface area contributed by atoms with E-state index in [1.807, 2.05) is 0 Å². The quantitative estimate of drug-likeness (QED) is 0.518. The minimum Gasteiger partial charge on any atom is -0.465 e. The summed E-state index contributed by atoms with van der Waals surface area (Å²) in [6.07, 6.45) is -0.261. The molecule has 0 aliphatic carbocycles. The zero-order chi connectivity index (χ0) is 8.97. The summed E-state index contributed by atoms with van der Waals surface area (Å²) in [5.41, 5.74) is 0. The average molecular weight is 174 g/mol. The minimum atomic E-state index is -0.876. The van der Waals surface area contributed by atoms with E-state index in [9.17, 15) is 4.79 Å². The molecule has 1 saturated heterocycles. The SMILES string of the molecule is O=C(O)N1CCN[C@H](CCO)C1. The van der Waals surface area contributed by atoms with Crippen molar-refractivity contribution in [2.24, 2.45) is 0 Å². The Morgan fingerprint density at radius 1 is 1.67 bits per heavy atom. The molecule has 1 aliphatic heterocycles. The van der Waals surface area contributed by atoms with Gasteiger partial charge in [-0.2, -0.15) is 0 Å². The van der Waals surface area contributed by atoms with E-state index in [0.29, 0.717) is 26.1 Å². The summed E-state index contributed by atoms with van der Waals surface area (Å²) in [5, 5.41) is 20.4. The molecule has 0 aromatic carbocycles. The number of hydrogen-bond acceptors (Lipinski definition) is 3. The maximum Gasteiger partial charge on any atom is 0.407 e. The Hall–Kier alpha value is -0.810. The summed E-state index contributed by atoms with van der Waals surface area (Å²) < 4.78 is 0. The molecule has 0 spiro atoms. The lowest BCUT2D eigenvalue weighted by molar-refractivity contribution is 0.123. The zero-order valence-corrected chi connectivity index (χ0v) is 6.86. The maximum atomic E-state index is 10.5. The van der Waals surface area contributed by atoms with Gasteiger partial charge in [0.1, 0.15) is 0 Å². The second-order valence-corrected chi connectivity index (χ2v) is 2.89. The third kappa shape index (κ3) is 2.35. The number of aliphatic hydroxyl groups is 1. The summed E-state index contributed by atoms with van der Waals surface area (Å²) in [6, 6.07) is 0.111. The van der Waals surface area contributed by atoms with Gasteiger partial charge in [-0.25, -0.2) is 4.79 Å². The van der Waals surface area contributed by atoms with Crippen LogP contribution in [0.25, 0.3) is 0 Å². The fourth-order valence-corrected chi connectivity index (χ4v) is 1.35. The molecular weight excluding hydrogens is 160 g/mol. The number of aliphatic hydroxyl groups excluding tert-OH is 1. The molecule has 5 heteroatoms. The van der Waals surface area contributed by atoms with Crippen molar-refractivity contribution in [2.45, 2.75) is 12.5 Å². The first-order valence-corrected chi connectivity index (χ1v) is 4.06. The number of amides is 1. The molecule has 0 unspecified atom stereocenters. The lowest BCUT2D eigenvalue weighted by Crippen LogP contribution is -2.52. The number of rotatable bonds is 2. The van der Waals surface area contributed by atoms with Crippen LogP contribution in [0.15, 0.2) is 0 Å². The molecule has 1 aliphatic rings. The molecule has 70 valence electrons. The molecule has 12 heavy (non-hydrogen) atoms. The molecule has 1 amide bonds. The highest BCUT2D eigenvalue weighted by molar-refractivity contribution is 5.65. The van der Waals surface area contributed by atoms with Gasteiger partial charge in [-0.15, -0.1) is 0 Å². The number of nitrogens with zero attached hydrogens (tertiary/aromatic N) is 1. The largest absolute Gasteiger partial charge is 0.465 e. The van der Waals surface area contributed by atoms with Gasteiger partial charge in [-0.05, 0) is 6.42 Å². The average Bonchev–Trinajstić information content (AvgIpc) is 2.05. The van der Waals surface area contributed by atoms with Crippen molar-refractivity contribution in [1.82, 2.24) is 10.2 Å². The van der Waals surface area contributed by atoms with E-state index in [2.05, 4.69) is 5.32 Å². The van der Waals surface area contributed by atoms with E-state index in [-0.39, 0.29) is 12.6 Å². The Kier molecular flexibility index (Phi) is 3.31. The predicted octanol–water partition coefficient (Wildman–Crippen LogP) is -0.679. The standard InChI is InChI=1S/C7H14N2O3/c10-4-1-6-5-9(7(11)12)3-2-8-6/h6,8,10H,1-5H2,(H,11,12)/t6-/m1/s1. The van der Waals surface area contributed by atoms with Crippen molar-refractivity contribution >= 4 is 6.09 Å². The van der Waals surface area contributed by atoms with Gasteiger partial charge in [-0.1, -0.05) is 0 Å². The van der Waals surface area contributed by atoms with Crippen LogP contribution in [0.4, 0.5) is 4.79 Å². The Bertz CT molecular complexity index is 161. The van der Waals surface area contributed by atoms with Gasteiger partial charge >= 0.3 is 6.09 Å². The van der Waals surface area contributed by atoms with Gasteiger partial charge in [0.15, 0.2) is 0 Å². The fourth-order valence-electron chi connectivity index (χ4n) is 1.35. The highest BCUT2D eigenvalue weighted by Gasteiger charge is 2.21. The zero-order valence-electron chi connectivity index (χ0n) is 6.86. The second kappa shape index (κ2) is 4.27. The lowest BCUT2D eigenvalue weighted by Gasteiger charge is -2.31. The van der Waals surface area contributed by atoms with E-state index >= 15 is 0 Å². The molecule has 1 heterocycles. The molecule has 5 nitrogen and oxygen atoms in total. The van der Waals surface area contributed by atoms with Crippen molar-refractivity contribution in [3.8, 4) is 0 Å². The molecule has 1 fully saturated rings. The van der Waals surface area contributed by atoms with Crippen molar-refractivity contribution < 1.29 is 15.0 Å². The first kappa shape index (κ1) is 9.28. The highest BCUT2D eigenvalue weighted by atomic mass is 16.4. The number of carbonyl (C=O) groups is 1. The van der Waals surface area contributed by atoms with Gasteiger partial charge in [0.25, 0.3) is 0 Å².